The standard InChI is InChI=1S/C12H13N3O2/c16-12(17)8-5-9-10(14-7-13-9)6-11(8)15-3-1-2-4-15/h5-7H,1-4H2,(H,13,14)(H,16,17). The first-order valence-electron chi connectivity index (χ1n) is 5.71. The highest BCUT2D eigenvalue weighted by Gasteiger charge is 2.20. The molecule has 1 aromatic heterocycles. The van der Waals surface area contributed by atoms with Crippen LogP contribution in [0.3, 0.4) is 0 Å². The molecule has 2 N–H and O–H groups in total. The number of aromatic amines is 1. The van der Waals surface area contributed by atoms with Crippen molar-refractivity contribution >= 4 is 22.7 Å². The van der Waals surface area contributed by atoms with E-state index in [-0.39, 0.29) is 0 Å². The van der Waals surface area contributed by atoms with Crippen LogP contribution < -0.4 is 4.90 Å². The lowest BCUT2D eigenvalue weighted by Crippen LogP contribution is -2.20. The maximum absolute atomic E-state index is 11.3. The highest BCUT2D eigenvalue weighted by atomic mass is 16.4. The Kier molecular flexibility index (Phi) is 2.24. The van der Waals surface area contributed by atoms with E-state index in [1.807, 2.05) is 6.07 Å². The summed E-state index contributed by atoms with van der Waals surface area (Å²) in [7, 11) is 0. The lowest BCUT2D eigenvalue weighted by Gasteiger charge is -2.19. The summed E-state index contributed by atoms with van der Waals surface area (Å²) in [6, 6.07) is 3.53. The van der Waals surface area contributed by atoms with Crippen molar-refractivity contribution in [2.75, 3.05) is 18.0 Å². The predicted molar refractivity (Wildman–Crippen MR) is 64.5 cm³/mol. The summed E-state index contributed by atoms with van der Waals surface area (Å²) in [4.78, 5) is 20.5. The van der Waals surface area contributed by atoms with Crippen LogP contribution in [-0.2, 0) is 0 Å². The summed E-state index contributed by atoms with van der Waals surface area (Å²) in [6.07, 6.45) is 3.83. The largest absolute Gasteiger partial charge is 0.478 e. The van der Waals surface area contributed by atoms with Gasteiger partial charge < -0.3 is 15.0 Å². The fraction of sp³-hybridized carbons (Fsp3) is 0.333. The summed E-state index contributed by atoms with van der Waals surface area (Å²) < 4.78 is 0. The molecule has 0 bridgehead atoms. The van der Waals surface area contributed by atoms with Crippen molar-refractivity contribution in [2.45, 2.75) is 12.8 Å². The zero-order valence-corrected chi connectivity index (χ0v) is 9.31. The number of fused-ring (bicyclic) bond motifs is 1. The van der Waals surface area contributed by atoms with Crippen LogP contribution in [0.2, 0.25) is 0 Å². The van der Waals surface area contributed by atoms with E-state index >= 15 is 0 Å². The zero-order valence-electron chi connectivity index (χ0n) is 9.31. The summed E-state index contributed by atoms with van der Waals surface area (Å²) in [5.74, 6) is -0.886. The summed E-state index contributed by atoms with van der Waals surface area (Å²) in [6.45, 7) is 1.85. The van der Waals surface area contributed by atoms with E-state index < -0.39 is 5.97 Å². The number of carboxylic acid groups (broad SMARTS) is 1. The lowest BCUT2D eigenvalue weighted by molar-refractivity contribution is 0.0697. The van der Waals surface area contributed by atoms with Gasteiger partial charge in [0, 0.05) is 13.1 Å². The highest BCUT2D eigenvalue weighted by molar-refractivity contribution is 5.99. The second-order valence-corrected chi connectivity index (χ2v) is 4.29. The van der Waals surface area contributed by atoms with Crippen LogP contribution in [0.4, 0.5) is 5.69 Å². The van der Waals surface area contributed by atoms with Crippen molar-refractivity contribution in [1.29, 1.82) is 0 Å². The minimum atomic E-state index is -0.886. The smallest absolute Gasteiger partial charge is 0.337 e. The lowest BCUT2D eigenvalue weighted by atomic mass is 10.1. The molecule has 1 saturated heterocycles. The van der Waals surface area contributed by atoms with Crippen LogP contribution in [0, 0.1) is 0 Å². The highest BCUT2D eigenvalue weighted by Crippen LogP contribution is 2.28. The van der Waals surface area contributed by atoms with E-state index in [1.165, 1.54) is 0 Å². The molecule has 2 heterocycles. The second-order valence-electron chi connectivity index (χ2n) is 4.29. The van der Waals surface area contributed by atoms with Crippen LogP contribution in [0.5, 0.6) is 0 Å². The van der Waals surface area contributed by atoms with E-state index in [4.69, 9.17) is 0 Å². The van der Waals surface area contributed by atoms with E-state index in [0.29, 0.717) is 5.56 Å². The van der Waals surface area contributed by atoms with E-state index in [1.54, 1.807) is 12.4 Å². The number of hydrogen-bond donors (Lipinski definition) is 2. The van der Waals surface area contributed by atoms with Crippen LogP contribution in [0.1, 0.15) is 23.2 Å². The number of benzene rings is 1. The molecule has 0 aliphatic carbocycles. The number of aromatic nitrogens is 2. The van der Waals surface area contributed by atoms with Gasteiger partial charge in [-0.25, -0.2) is 9.78 Å². The number of anilines is 1. The molecule has 1 fully saturated rings. The molecule has 5 heteroatoms. The molecule has 0 amide bonds. The number of rotatable bonds is 2. The summed E-state index contributed by atoms with van der Waals surface area (Å²) >= 11 is 0. The topological polar surface area (TPSA) is 69.2 Å². The third-order valence-electron chi connectivity index (χ3n) is 3.21. The van der Waals surface area contributed by atoms with E-state index in [2.05, 4.69) is 14.9 Å². The van der Waals surface area contributed by atoms with Gasteiger partial charge in [0.1, 0.15) is 0 Å². The molecule has 5 nitrogen and oxygen atoms in total. The minimum absolute atomic E-state index is 0.351. The van der Waals surface area contributed by atoms with Crippen molar-refractivity contribution < 1.29 is 9.90 Å². The second kappa shape index (κ2) is 3.76. The first-order chi connectivity index (χ1) is 8.25. The minimum Gasteiger partial charge on any atom is -0.478 e. The number of nitrogens with one attached hydrogen (secondary N) is 1. The number of H-pyrrole nitrogens is 1. The van der Waals surface area contributed by atoms with Gasteiger partial charge >= 0.3 is 5.97 Å². The Hall–Kier alpha value is -2.04. The normalized spacial score (nSPS) is 15.6. The monoisotopic (exact) mass is 231 g/mol. The fourth-order valence-electron chi connectivity index (χ4n) is 2.36. The molecule has 1 aliphatic rings. The molecule has 3 rings (SSSR count). The van der Waals surface area contributed by atoms with Gasteiger partial charge in [0.05, 0.1) is 28.6 Å². The third-order valence-corrected chi connectivity index (χ3v) is 3.21. The number of hydrogen-bond acceptors (Lipinski definition) is 3. The Morgan fingerprint density at radius 3 is 2.82 bits per heavy atom. The Bertz CT molecular complexity index is 570. The molecule has 0 saturated carbocycles. The Morgan fingerprint density at radius 2 is 2.12 bits per heavy atom. The molecule has 0 spiro atoms. The first kappa shape index (κ1) is 10.1. The van der Waals surface area contributed by atoms with Crippen LogP contribution in [0.15, 0.2) is 18.5 Å². The molecule has 0 unspecified atom stereocenters. The van der Waals surface area contributed by atoms with Crippen molar-refractivity contribution in [1.82, 2.24) is 9.97 Å². The van der Waals surface area contributed by atoms with Crippen molar-refractivity contribution in [3.8, 4) is 0 Å². The van der Waals surface area contributed by atoms with Crippen molar-refractivity contribution in [3.63, 3.8) is 0 Å². The molecule has 0 atom stereocenters. The van der Waals surface area contributed by atoms with Crippen LogP contribution >= 0.6 is 0 Å². The SMILES string of the molecule is O=C(O)c1cc2[nH]cnc2cc1N1CCCC1. The van der Waals surface area contributed by atoms with Gasteiger partial charge in [-0.3, -0.25) is 0 Å². The fourth-order valence-corrected chi connectivity index (χ4v) is 2.36. The predicted octanol–water partition coefficient (Wildman–Crippen LogP) is 1.86. The third kappa shape index (κ3) is 1.63. The first-order valence-corrected chi connectivity index (χ1v) is 5.71. The van der Waals surface area contributed by atoms with Gasteiger partial charge in [0.2, 0.25) is 0 Å². The van der Waals surface area contributed by atoms with Crippen molar-refractivity contribution in [2.24, 2.45) is 0 Å². The average Bonchev–Trinajstić information content (AvgIpc) is 2.98. The van der Waals surface area contributed by atoms with Gasteiger partial charge in [0.25, 0.3) is 0 Å². The molecule has 2 aromatic rings. The Morgan fingerprint density at radius 1 is 1.35 bits per heavy atom. The summed E-state index contributed by atoms with van der Waals surface area (Å²) in [5.41, 5.74) is 2.72. The average molecular weight is 231 g/mol. The quantitative estimate of drug-likeness (QED) is 0.827. The molecule has 17 heavy (non-hydrogen) atoms. The molecular weight excluding hydrogens is 218 g/mol. The Labute approximate surface area is 98.1 Å². The maximum atomic E-state index is 11.3. The number of aromatic carboxylic acids is 1. The van der Waals surface area contributed by atoms with E-state index in [9.17, 15) is 9.90 Å². The Balaban J connectivity index is 2.18. The van der Waals surface area contributed by atoms with Crippen LogP contribution in [0.25, 0.3) is 11.0 Å². The molecule has 88 valence electrons. The number of imidazole rings is 1. The number of nitrogens with zero attached hydrogens (tertiary/aromatic N) is 2. The zero-order chi connectivity index (χ0) is 11.8. The van der Waals surface area contributed by atoms with E-state index in [0.717, 1.165) is 42.7 Å². The maximum Gasteiger partial charge on any atom is 0.337 e. The van der Waals surface area contributed by atoms with Crippen molar-refractivity contribution in [3.05, 3.63) is 24.0 Å². The molecular formula is C12H13N3O2. The van der Waals surface area contributed by atoms with Gasteiger partial charge in [-0.1, -0.05) is 0 Å². The molecule has 0 radical (unpaired) electrons. The molecule has 1 aromatic carbocycles. The van der Waals surface area contributed by atoms with Crippen LogP contribution in [-0.4, -0.2) is 34.1 Å². The van der Waals surface area contributed by atoms with Gasteiger partial charge in [-0.2, -0.15) is 0 Å². The number of carbonyl (C=O) groups is 1. The van der Waals surface area contributed by atoms with Gasteiger partial charge in [-0.05, 0) is 25.0 Å². The van der Waals surface area contributed by atoms with Gasteiger partial charge in [-0.15, -0.1) is 0 Å². The summed E-state index contributed by atoms with van der Waals surface area (Å²) in [5, 5.41) is 9.26. The molecule has 1 aliphatic heterocycles. The number of carboxylic acids is 1. The van der Waals surface area contributed by atoms with Gasteiger partial charge in [0.15, 0.2) is 0 Å².